The van der Waals surface area contributed by atoms with E-state index in [2.05, 4.69) is 10.6 Å². The number of furan rings is 1. The van der Waals surface area contributed by atoms with Gasteiger partial charge in [0.05, 0.1) is 6.26 Å². The summed E-state index contributed by atoms with van der Waals surface area (Å²) >= 11 is 5.89. The fourth-order valence-electron chi connectivity index (χ4n) is 3.69. The fourth-order valence-corrected chi connectivity index (χ4v) is 3.81. The maximum absolute atomic E-state index is 13.3. The highest BCUT2D eigenvalue weighted by Crippen LogP contribution is 2.18. The Labute approximate surface area is 192 Å². The highest BCUT2D eigenvalue weighted by Gasteiger charge is 2.35. The molecular formula is C23H29ClN4O4. The summed E-state index contributed by atoms with van der Waals surface area (Å²) < 4.78 is 5.15. The molecule has 172 valence electrons. The Kier molecular flexibility index (Phi) is 7.80. The molecule has 2 aromatic rings. The van der Waals surface area contributed by atoms with Crippen molar-refractivity contribution in [1.82, 2.24) is 15.1 Å². The van der Waals surface area contributed by atoms with E-state index in [4.69, 9.17) is 16.0 Å². The number of piperazine rings is 1. The molecule has 0 aliphatic carbocycles. The average molecular weight is 461 g/mol. The van der Waals surface area contributed by atoms with Gasteiger partial charge in [-0.15, -0.1) is 0 Å². The molecule has 0 spiro atoms. The van der Waals surface area contributed by atoms with Gasteiger partial charge < -0.3 is 24.9 Å². The van der Waals surface area contributed by atoms with Crippen LogP contribution in [0.5, 0.6) is 0 Å². The number of nitrogens with one attached hydrogen (secondary N) is 2. The van der Waals surface area contributed by atoms with E-state index < -0.39 is 11.9 Å². The van der Waals surface area contributed by atoms with Gasteiger partial charge >= 0.3 is 6.03 Å². The SMILES string of the molecule is CCC(C)C(NC(=O)c1ccco1)C(=O)N1CCN(C(=O)Nc2ccc(Cl)cc2)C(C)C1. The van der Waals surface area contributed by atoms with Gasteiger partial charge in [0.15, 0.2) is 5.76 Å². The molecule has 2 N–H and O–H groups in total. The van der Waals surface area contributed by atoms with E-state index in [0.29, 0.717) is 30.3 Å². The predicted octanol–water partition coefficient (Wildman–Crippen LogP) is 3.84. The monoisotopic (exact) mass is 460 g/mol. The summed E-state index contributed by atoms with van der Waals surface area (Å²) in [5.74, 6) is -0.447. The number of urea groups is 1. The number of hydrogen-bond acceptors (Lipinski definition) is 4. The maximum Gasteiger partial charge on any atom is 0.322 e. The second-order valence-corrected chi connectivity index (χ2v) is 8.51. The van der Waals surface area contributed by atoms with E-state index in [9.17, 15) is 14.4 Å². The summed E-state index contributed by atoms with van der Waals surface area (Å²) in [6, 6.07) is 9.02. The Bertz CT molecular complexity index is 932. The molecule has 2 heterocycles. The fraction of sp³-hybridized carbons (Fsp3) is 0.435. The topological polar surface area (TPSA) is 94.9 Å². The van der Waals surface area contributed by atoms with Crippen molar-refractivity contribution in [2.45, 2.75) is 39.3 Å². The molecule has 4 amide bonds. The smallest absolute Gasteiger partial charge is 0.322 e. The van der Waals surface area contributed by atoms with Crippen LogP contribution in [0.15, 0.2) is 47.1 Å². The van der Waals surface area contributed by atoms with Crippen molar-refractivity contribution in [3.8, 4) is 0 Å². The molecule has 8 nitrogen and oxygen atoms in total. The van der Waals surface area contributed by atoms with E-state index in [0.717, 1.165) is 6.42 Å². The summed E-state index contributed by atoms with van der Waals surface area (Å²) in [6.45, 7) is 6.99. The molecule has 32 heavy (non-hydrogen) atoms. The Morgan fingerprint density at radius 3 is 2.50 bits per heavy atom. The van der Waals surface area contributed by atoms with Gasteiger partial charge in [-0.2, -0.15) is 0 Å². The van der Waals surface area contributed by atoms with Crippen molar-refractivity contribution in [2.24, 2.45) is 5.92 Å². The van der Waals surface area contributed by atoms with Crippen LogP contribution in [0.1, 0.15) is 37.7 Å². The zero-order valence-corrected chi connectivity index (χ0v) is 19.3. The minimum absolute atomic E-state index is 0.0528. The van der Waals surface area contributed by atoms with Crippen molar-refractivity contribution >= 4 is 35.1 Å². The van der Waals surface area contributed by atoms with Gasteiger partial charge in [-0.25, -0.2) is 4.79 Å². The number of amides is 4. The number of rotatable bonds is 6. The molecule has 3 atom stereocenters. The molecule has 1 aliphatic rings. The van der Waals surface area contributed by atoms with E-state index in [-0.39, 0.29) is 29.7 Å². The van der Waals surface area contributed by atoms with Crippen LogP contribution in [0.2, 0.25) is 5.02 Å². The Hall–Kier alpha value is -3.00. The number of carbonyl (C=O) groups excluding carboxylic acids is 3. The van der Waals surface area contributed by atoms with Gasteiger partial charge in [-0.1, -0.05) is 31.9 Å². The molecule has 3 unspecified atom stereocenters. The van der Waals surface area contributed by atoms with Crippen LogP contribution in [-0.4, -0.2) is 59.4 Å². The number of hydrogen-bond donors (Lipinski definition) is 2. The normalized spacial score (nSPS) is 18.1. The number of halogens is 1. The number of nitrogens with zero attached hydrogens (tertiary/aromatic N) is 2. The van der Waals surface area contributed by atoms with E-state index in [1.165, 1.54) is 6.26 Å². The zero-order valence-electron chi connectivity index (χ0n) is 18.5. The molecule has 1 aromatic carbocycles. The van der Waals surface area contributed by atoms with Crippen LogP contribution in [0.3, 0.4) is 0 Å². The van der Waals surface area contributed by atoms with Gasteiger partial charge in [-0.3, -0.25) is 9.59 Å². The van der Waals surface area contributed by atoms with Crippen molar-refractivity contribution in [2.75, 3.05) is 25.0 Å². The van der Waals surface area contributed by atoms with Crippen LogP contribution in [0.25, 0.3) is 0 Å². The van der Waals surface area contributed by atoms with E-state index in [1.807, 2.05) is 20.8 Å². The number of benzene rings is 1. The zero-order chi connectivity index (χ0) is 23.3. The minimum atomic E-state index is -0.667. The lowest BCUT2D eigenvalue weighted by Gasteiger charge is -2.41. The van der Waals surface area contributed by atoms with Gasteiger partial charge in [0.2, 0.25) is 5.91 Å². The molecule has 1 aromatic heterocycles. The summed E-state index contributed by atoms with van der Waals surface area (Å²) in [5.41, 5.74) is 0.655. The van der Waals surface area contributed by atoms with Gasteiger partial charge in [0.1, 0.15) is 6.04 Å². The van der Waals surface area contributed by atoms with Gasteiger partial charge in [-0.05, 0) is 49.2 Å². The summed E-state index contributed by atoms with van der Waals surface area (Å²) in [5, 5.41) is 6.28. The Morgan fingerprint density at radius 1 is 1.19 bits per heavy atom. The first kappa shape index (κ1) is 23.7. The third-order valence-electron chi connectivity index (χ3n) is 5.81. The molecule has 3 rings (SSSR count). The Morgan fingerprint density at radius 2 is 1.91 bits per heavy atom. The Balaban J connectivity index is 1.62. The summed E-state index contributed by atoms with van der Waals surface area (Å²) in [4.78, 5) is 41.9. The lowest BCUT2D eigenvalue weighted by atomic mass is 9.97. The average Bonchev–Trinajstić information content (AvgIpc) is 3.33. The molecule has 0 bridgehead atoms. The molecular weight excluding hydrogens is 432 g/mol. The largest absolute Gasteiger partial charge is 0.459 e. The van der Waals surface area contributed by atoms with Crippen molar-refractivity contribution < 1.29 is 18.8 Å². The van der Waals surface area contributed by atoms with E-state index >= 15 is 0 Å². The van der Waals surface area contributed by atoms with Crippen LogP contribution in [0.4, 0.5) is 10.5 Å². The molecule has 1 aliphatic heterocycles. The molecule has 0 saturated carbocycles. The van der Waals surface area contributed by atoms with Gasteiger partial charge in [0, 0.05) is 36.4 Å². The van der Waals surface area contributed by atoms with Crippen LogP contribution >= 0.6 is 11.6 Å². The third-order valence-corrected chi connectivity index (χ3v) is 6.06. The minimum Gasteiger partial charge on any atom is -0.459 e. The second kappa shape index (κ2) is 10.5. The van der Waals surface area contributed by atoms with Crippen molar-refractivity contribution in [3.63, 3.8) is 0 Å². The van der Waals surface area contributed by atoms with Crippen LogP contribution in [0, 0.1) is 5.92 Å². The molecule has 1 saturated heterocycles. The summed E-state index contributed by atoms with van der Waals surface area (Å²) in [6.07, 6.45) is 2.15. The highest BCUT2D eigenvalue weighted by atomic mass is 35.5. The number of carbonyl (C=O) groups is 3. The van der Waals surface area contributed by atoms with Gasteiger partial charge in [0.25, 0.3) is 5.91 Å². The van der Waals surface area contributed by atoms with Crippen LogP contribution in [-0.2, 0) is 4.79 Å². The standard InChI is InChI=1S/C23H29ClN4O4/c1-4-15(2)20(26-21(29)19-6-5-13-32-19)22(30)27-11-12-28(16(3)14-27)23(31)25-18-9-7-17(24)8-10-18/h5-10,13,15-16,20H,4,11-12,14H2,1-3H3,(H,25,31)(H,26,29). The lowest BCUT2D eigenvalue weighted by Crippen LogP contribution is -2.60. The second-order valence-electron chi connectivity index (χ2n) is 8.08. The lowest BCUT2D eigenvalue weighted by molar-refractivity contribution is -0.136. The maximum atomic E-state index is 13.3. The quantitative estimate of drug-likeness (QED) is 0.684. The van der Waals surface area contributed by atoms with Crippen molar-refractivity contribution in [3.05, 3.63) is 53.4 Å². The predicted molar refractivity (Wildman–Crippen MR) is 123 cm³/mol. The molecule has 0 radical (unpaired) electrons. The molecule has 9 heteroatoms. The molecule has 1 fully saturated rings. The third kappa shape index (κ3) is 5.62. The van der Waals surface area contributed by atoms with Crippen LogP contribution < -0.4 is 10.6 Å². The first-order chi connectivity index (χ1) is 15.3. The number of anilines is 1. The highest BCUT2D eigenvalue weighted by molar-refractivity contribution is 6.30. The van der Waals surface area contributed by atoms with Crippen molar-refractivity contribution in [1.29, 1.82) is 0 Å². The summed E-state index contributed by atoms with van der Waals surface area (Å²) in [7, 11) is 0. The first-order valence-corrected chi connectivity index (χ1v) is 11.1. The van der Waals surface area contributed by atoms with E-state index in [1.54, 1.807) is 46.2 Å². The first-order valence-electron chi connectivity index (χ1n) is 10.8.